The summed E-state index contributed by atoms with van der Waals surface area (Å²) in [5.74, 6) is -0.185. The third-order valence-electron chi connectivity index (χ3n) is 2.53. The third kappa shape index (κ3) is 3.26. The van der Waals surface area contributed by atoms with E-state index in [0.717, 1.165) is 10.2 Å². The molecule has 3 nitrogen and oxygen atoms in total. The maximum absolute atomic E-state index is 12.0. The van der Waals surface area contributed by atoms with Crippen LogP contribution in [0.15, 0.2) is 34.9 Å². The first-order chi connectivity index (χ1) is 8.99. The van der Waals surface area contributed by atoms with Gasteiger partial charge < -0.3 is 0 Å². The second kappa shape index (κ2) is 5.90. The highest BCUT2D eigenvalue weighted by atomic mass is 79.9. The zero-order valence-electron chi connectivity index (χ0n) is 9.90. The van der Waals surface area contributed by atoms with Crippen molar-refractivity contribution in [1.82, 2.24) is 9.78 Å². The monoisotopic (exact) mass is 358 g/mol. The van der Waals surface area contributed by atoms with Crippen molar-refractivity contribution in [2.75, 3.05) is 0 Å². The van der Waals surface area contributed by atoms with Gasteiger partial charge in [-0.05, 0) is 46.3 Å². The van der Waals surface area contributed by atoms with Crippen molar-refractivity contribution in [1.29, 1.82) is 0 Å². The Labute approximate surface area is 129 Å². The van der Waals surface area contributed by atoms with Crippen molar-refractivity contribution >= 4 is 51.0 Å². The van der Waals surface area contributed by atoms with E-state index in [0.29, 0.717) is 15.6 Å². The number of allylic oxidation sites excluding steroid dienone is 1. The minimum atomic E-state index is -0.185. The third-order valence-corrected chi connectivity index (χ3v) is 3.69. The molecule has 0 radical (unpaired) electrons. The van der Waals surface area contributed by atoms with E-state index in [1.165, 1.54) is 6.08 Å². The van der Waals surface area contributed by atoms with Crippen LogP contribution < -0.4 is 0 Å². The molecule has 1 aromatic carbocycles. The van der Waals surface area contributed by atoms with Gasteiger partial charge in [0.15, 0.2) is 5.78 Å². The van der Waals surface area contributed by atoms with Gasteiger partial charge in [0.1, 0.15) is 0 Å². The predicted molar refractivity (Wildman–Crippen MR) is 80.7 cm³/mol. The van der Waals surface area contributed by atoms with Gasteiger partial charge in [0.05, 0.1) is 21.4 Å². The van der Waals surface area contributed by atoms with Crippen LogP contribution >= 0.6 is 39.1 Å². The molecule has 0 aliphatic heterocycles. The van der Waals surface area contributed by atoms with E-state index in [1.54, 1.807) is 42.2 Å². The number of benzene rings is 1. The van der Waals surface area contributed by atoms with E-state index in [4.69, 9.17) is 23.2 Å². The lowest BCUT2D eigenvalue weighted by Crippen LogP contribution is -1.97. The molecule has 0 atom stereocenters. The highest BCUT2D eigenvalue weighted by molar-refractivity contribution is 9.10. The molecule has 0 saturated heterocycles. The van der Waals surface area contributed by atoms with Gasteiger partial charge >= 0.3 is 0 Å². The lowest BCUT2D eigenvalue weighted by molar-refractivity contribution is 0.104. The Kier molecular flexibility index (Phi) is 4.45. The first-order valence-electron chi connectivity index (χ1n) is 5.34. The van der Waals surface area contributed by atoms with Crippen molar-refractivity contribution in [2.24, 2.45) is 7.05 Å². The molecule has 0 N–H and O–H groups in total. The average Bonchev–Trinajstić information content (AvgIpc) is 2.66. The largest absolute Gasteiger partial charge is 0.289 e. The van der Waals surface area contributed by atoms with Gasteiger partial charge in [-0.2, -0.15) is 5.10 Å². The number of carbonyl (C=O) groups excluding carboxylic acids is 1. The fourth-order valence-electron chi connectivity index (χ4n) is 1.54. The quantitative estimate of drug-likeness (QED) is 0.601. The van der Waals surface area contributed by atoms with Gasteiger partial charge in [-0.3, -0.25) is 9.48 Å². The van der Waals surface area contributed by atoms with Crippen LogP contribution in [0.25, 0.3) is 6.08 Å². The van der Waals surface area contributed by atoms with Crippen LogP contribution in [0.4, 0.5) is 0 Å². The van der Waals surface area contributed by atoms with Crippen LogP contribution in [0.1, 0.15) is 16.1 Å². The van der Waals surface area contributed by atoms with E-state index >= 15 is 0 Å². The molecule has 0 fully saturated rings. The average molecular weight is 360 g/mol. The molecule has 0 amide bonds. The minimum absolute atomic E-state index is 0.185. The van der Waals surface area contributed by atoms with E-state index in [-0.39, 0.29) is 5.78 Å². The SMILES string of the molecule is Cn1ncc(Br)c1/C=C/C(=O)c1ccc(Cl)cc1Cl. The summed E-state index contributed by atoms with van der Waals surface area (Å²) in [7, 11) is 1.80. The van der Waals surface area contributed by atoms with Crippen molar-refractivity contribution in [3.05, 3.63) is 56.2 Å². The fourth-order valence-corrected chi connectivity index (χ4v) is 2.52. The van der Waals surface area contributed by atoms with Crippen molar-refractivity contribution in [3.63, 3.8) is 0 Å². The second-order valence-corrected chi connectivity index (χ2v) is 5.52. The summed E-state index contributed by atoms with van der Waals surface area (Å²) in [4.78, 5) is 12.0. The normalized spacial score (nSPS) is 11.2. The molecule has 0 saturated carbocycles. The summed E-state index contributed by atoms with van der Waals surface area (Å²) in [6.07, 6.45) is 4.81. The number of aryl methyl sites for hydroxylation is 1. The molecule has 1 heterocycles. The van der Waals surface area contributed by atoms with Gasteiger partial charge in [-0.15, -0.1) is 0 Å². The topological polar surface area (TPSA) is 34.9 Å². The Morgan fingerprint density at radius 1 is 1.42 bits per heavy atom. The zero-order chi connectivity index (χ0) is 14.0. The first-order valence-corrected chi connectivity index (χ1v) is 6.89. The van der Waals surface area contributed by atoms with Gasteiger partial charge in [-0.1, -0.05) is 23.2 Å². The Hall–Kier alpha value is -1.10. The standard InChI is InChI=1S/C13H9BrCl2N2O/c1-18-12(10(14)7-17-18)4-5-13(19)9-3-2-8(15)6-11(9)16/h2-7H,1H3/b5-4+. The Bertz CT molecular complexity index is 645. The Balaban J connectivity index is 2.26. The number of hydrogen-bond acceptors (Lipinski definition) is 2. The molecule has 19 heavy (non-hydrogen) atoms. The molecule has 0 spiro atoms. The number of carbonyl (C=O) groups is 1. The van der Waals surface area contributed by atoms with Crippen LogP contribution in [0, 0.1) is 0 Å². The fraction of sp³-hybridized carbons (Fsp3) is 0.0769. The summed E-state index contributed by atoms with van der Waals surface area (Å²) < 4.78 is 2.48. The van der Waals surface area contributed by atoms with Crippen LogP contribution in [-0.2, 0) is 7.05 Å². The van der Waals surface area contributed by atoms with Crippen LogP contribution in [0.5, 0.6) is 0 Å². The van der Waals surface area contributed by atoms with E-state index in [9.17, 15) is 4.79 Å². The summed E-state index contributed by atoms with van der Waals surface area (Å²) in [5, 5.41) is 4.90. The molecule has 0 bridgehead atoms. The van der Waals surface area contributed by atoms with E-state index in [1.807, 2.05) is 0 Å². The van der Waals surface area contributed by atoms with E-state index in [2.05, 4.69) is 21.0 Å². The highest BCUT2D eigenvalue weighted by Crippen LogP contribution is 2.22. The molecule has 6 heteroatoms. The van der Waals surface area contributed by atoms with Gasteiger partial charge in [0.2, 0.25) is 0 Å². The number of hydrogen-bond donors (Lipinski definition) is 0. The lowest BCUT2D eigenvalue weighted by Gasteiger charge is -2.00. The lowest BCUT2D eigenvalue weighted by atomic mass is 10.1. The number of halogens is 3. The molecular weight excluding hydrogens is 351 g/mol. The van der Waals surface area contributed by atoms with Crippen LogP contribution in [0.3, 0.4) is 0 Å². The van der Waals surface area contributed by atoms with Gasteiger partial charge in [-0.25, -0.2) is 0 Å². The molecule has 2 aromatic rings. The number of ketones is 1. The number of aromatic nitrogens is 2. The predicted octanol–water partition coefficient (Wildman–Crippen LogP) is 4.39. The minimum Gasteiger partial charge on any atom is -0.289 e. The van der Waals surface area contributed by atoms with Gasteiger partial charge in [0, 0.05) is 17.6 Å². The number of rotatable bonds is 3. The van der Waals surface area contributed by atoms with Crippen LogP contribution in [-0.4, -0.2) is 15.6 Å². The Morgan fingerprint density at radius 3 is 2.74 bits per heavy atom. The summed E-state index contributed by atoms with van der Waals surface area (Å²) >= 11 is 15.1. The highest BCUT2D eigenvalue weighted by Gasteiger charge is 2.09. The molecular formula is C13H9BrCl2N2O. The number of nitrogens with zero attached hydrogens (tertiary/aromatic N) is 2. The Morgan fingerprint density at radius 2 is 2.16 bits per heavy atom. The maximum atomic E-state index is 12.0. The zero-order valence-corrected chi connectivity index (χ0v) is 13.0. The van der Waals surface area contributed by atoms with Crippen molar-refractivity contribution in [3.8, 4) is 0 Å². The summed E-state index contributed by atoms with van der Waals surface area (Å²) in [6, 6.07) is 4.79. The van der Waals surface area contributed by atoms with Crippen LogP contribution in [0.2, 0.25) is 10.0 Å². The molecule has 1 aromatic heterocycles. The summed E-state index contributed by atoms with van der Waals surface area (Å²) in [6.45, 7) is 0. The van der Waals surface area contributed by atoms with E-state index < -0.39 is 0 Å². The van der Waals surface area contributed by atoms with Crippen molar-refractivity contribution < 1.29 is 4.79 Å². The molecule has 0 aliphatic rings. The molecule has 98 valence electrons. The molecule has 0 unspecified atom stereocenters. The summed E-state index contributed by atoms with van der Waals surface area (Å²) in [5.41, 5.74) is 1.22. The van der Waals surface area contributed by atoms with Crippen molar-refractivity contribution in [2.45, 2.75) is 0 Å². The molecule has 0 aliphatic carbocycles. The first kappa shape index (κ1) is 14.3. The smallest absolute Gasteiger partial charge is 0.187 e. The molecule has 2 rings (SSSR count). The van der Waals surface area contributed by atoms with Gasteiger partial charge in [0.25, 0.3) is 0 Å². The second-order valence-electron chi connectivity index (χ2n) is 3.82. The maximum Gasteiger partial charge on any atom is 0.187 e.